The molecule has 0 unspecified atom stereocenters. The van der Waals surface area contributed by atoms with Gasteiger partial charge in [0, 0.05) is 10.6 Å². The Kier molecular flexibility index (Phi) is 6.61. The van der Waals surface area contributed by atoms with Crippen LogP contribution in [-0.4, -0.2) is 24.5 Å². The van der Waals surface area contributed by atoms with Crippen LogP contribution in [0.25, 0.3) is 0 Å². The van der Waals surface area contributed by atoms with Crippen LogP contribution in [0.3, 0.4) is 0 Å². The molecule has 0 aliphatic heterocycles. The first kappa shape index (κ1) is 22.1. The fraction of sp³-hybridized carbons (Fsp3) is 0.0455. The van der Waals surface area contributed by atoms with Crippen molar-refractivity contribution in [2.45, 2.75) is 10.4 Å². The minimum atomic E-state index is -4.01. The first-order valence-corrected chi connectivity index (χ1v) is 12.1. The molecule has 3 aromatic carbocycles. The standard InChI is InChI=1S/C22H17ClN4O3S2/c23-18-13-11-17(12-14-18)20(28)24-21-25-26-22(31-21)32(29,30)27-19(15-7-3-1-4-8-15)16-9-5-2-6-10-16/h1-14,19,27H,(H,24,25,28). The Morgan fingerprint density at radius 3 is 1.97 bits per heavy atom. The van der Waals surface area contributed by atoms with E-state index in [0.29, 0.717) is 10.6 Å². The second-order valence-corrected chi connectivity index (χ2v) is 10.0. The van der Waals surface area contributed by atoms with E-state index in [-0.39, 0.29) is 9.47 Å². The van der Waals surface area contributed by atoms with E-state index in [9.17, 15) is 13.2 Å². The van der Waals surface area contributed by atoms with Crippen LogP contribution in [0.1, 0.15) is 27.5 Å². The monoisotopic (exact) mass is 484 g/mol. The average molecular weight is 485 g/mol. The second-order valence-electron chi connectivity index (χ2n) is 6.71. The topological polar surface area (TPSA) is 101 Å². The van der Waals surface area contributed by atoms with Gasteiger partial charge in [-0.15, -0.1) is 10.2 Å². The minimum Gasteiger partial charge on any atom is -0.296 e. The molecule has 1 aromatic heterocycles. The van der Waals surface area contributed by atoms with Gasteiger partial charge in [-0.1, -0.05) is 83.6 Å². The number of halogens is 1. The Bertz CT molecular complexity index is 1270. The second kappa shape index (κ2) is 9.58. The summed E-state index contributed by atoms with van der Waals surface area (Å²) in [7, 11) is -4.01. The van der Waals surface area contributed by atoms with Crippen molar-refractivity contribution in [1.29, 1.82) is 0 Å². The molecule has 0 radical (unpaired) electrons. The lowest BCUT2D eigenvalue weighted by Crippen LogP contribution is -2.29. The summed E-state index contributed by atoms with van der Waals surface area (Å²) in [5.41, 5.74) is 1.92. The molecule has 10 heteroatoms. The van der Waals surface area contributed by atoms with Gasteiger partial charge < -0.3 is 0 Å². The third kappa shape index (κ3) is 5.20. The molecule has 0 saturated carbocycles. The zero-order chi connectivity index (χ0) is 22.6. The Hall–Kier alpha value is -3.11. The van der Waals surface area contributed by atoms with Gasteiger partial charge in [-0.05, 0) is 35.4 Å². The zero-order valence-electron chi connectivity index (χ0n) is 16.5. The van der Waals surface area contributed by atoms with E-state index >= 15 is 0 Å². The summed E-state index contributed by atoms with van der Waals surface area (Å²) in [5.74, 6) is -0.443. The number of carbonyl (C=O) groups excluding carboxylic acids is 1. The number of benzene rings is 3. The Balaban J connectivity index is 1.56. The highest BCUT2D eigenvalue weighted by Gasteiger charge is 2.26. The number of aromatic nitrogens is 2. The molecule has 1 heterocycles. The van der Waals surface area contributed by atoms with Crippen molar-refractivity contribution in [3.8, 4) is 0 Å². The van der Waals surface area contributed by atoms with Gasteiger partial charge >= 0.3 is 0 Å². The number of nitrogens with one attached hydrogen (secondary N) is 2. The van der Waals surface area contributed by atoms with Crippen molar-refractivity contribution in [3.63, 3.8) is 0 Å². The van der Waals surface area contributed by atoms with E-state index in [4.69, 9.17) is 11.6 Å². The quantitative estimate of drug-likeness (QED) is 0.376. The van der Waals surface area contributed by atoms with E-state index in [2.05, 4.69) is 20.2 Å². The molecular formula is C22H17ClN4O3S2. The SMILES string of the molecule is O=C(Nc1nnc(S(=O)(=O)NC(c2ccccc2)c2ccccc2)s1)c1ccc(Cl)cc1. The summed E-state index contributed by atoms with van der Waals surface area (Å²) in [4.78, 5) is 12.4. The van der Waals surface area contributed by atoms with E-state index in [1.807, 2.05) is 60.7 Å². The van der Waals surface area contributed by atoms with Crippen molar-refractivity contribution in [2.24, 2.45) is 0 Å². The van der Waals surface area contributed by atoms with E-state index in [0.717, 1.165) is 22.5 Å². The number of anilines is 1. The maximum Gasteiger partial charge on any atom is 0.270 e. The molecule has 4 aromatic rings. The van der Waals surface area contributed by atoms with Crippen molar-refractivity contribution in [3.05, 3.63) is 107 Å². The smallest absolute Gasteiger partial charge is 0.270 e. The Morgan fingerprint density at radius 1 is 0.844 bits per heavy atom. The van der Waals surface area contributed by atoms with Gasteiger partial charge in [0.2, 0.25) is 9.47 Å². The predicted molar refractivity (Wildman–Crippen MR) is 124 cm³/mol. The Labute approximate surface area is 194 Å². The van der Waals surface area contributed by atoms with E-state index in [1.165, 1.54) is 0 Å². The van der Waals surface area contributed by atoms with Crippen LogP contribution in [0.5, 0.6) is 0 Å². The molecular weight excluding hydrogens is 468 g/mol. The highest BCUT2D eigenvalue weighted by atomic mass is 35.5. The lowest BCUT2D eigenvalue weighted by Gasteiger charge is -2.18. The van der Waals surface area contributed by atoms with Crippen molar-refractivity contribution in [1.82, 2.24) is 14.9 Å². The molecule has 0 spiro atoms. The van der Waals surface area contributed by atoms with Crippen molar-refractivity contribution in [2.75, 3.05) is 5.32 Å². The van der Waals surface area contributed by atoms with Crippen LogP contribution < -0.4 is 10.0 Å². The maximum atomic E-state index is 13.1. The number of amides is 1. The van der Waals surface area contributed by atoms with Gasteiger partial charge in [0.05, 0.1) is 6.04 Å². The Morgan fingerprint density at radius 2 is 1.41 bits per heavy atom. The van der Waals surface area contributed by atoms with Crippen LogP contribution in [0.2, 0.25) is 5.02 Å². The van der Waals surface area contributed by atoms with E-state index in [1.54, 1.807) is 24.3 Å². The van der Waals surface area contributed by atoms with Crippen LogP contribution in [-0.2, 0) is 10.0 Å². The molecule has 0 bridgehead atoms. The average Bonchev–Trinajstić information content (AvgIpc) is 3.29. The van der Waals surface area contributed by atoms with Gasteiger partial charge in [-0.25, -0.2) is 8.42 Å². The first-order chi connectivity index (χ1) is 15.4. The summed E-state index contributed by atoms with van der Waals surface area (Å²) in [5, 5.41) is 10.7. The van der Waals surface area contributed by atoms with Gasteiger partial charge in [0.25, 0.3) is 15.9 Å². The summed E-state index contributed by atoms with van der Waals surface area (Å²) in [6.07, 6.45) is 0. The summed E-state index contributed by atoms with van der Waals surface area (Å²) in [6.45, 7) is 0. The van der Waals surface area contributed by atoms with Crippen LogP contribution in [0, 0.1) is 0 Å². The third-order valence-corrected chi connectivity index (χ3v) is 7.38. The fourth-order valence-electron chi connectivity index (χ4n) is 2.96. The molecule has 7 nitrogen and oxygen atoms in total. The van der Waals surface area contributed by atoms with Gasteiger partial charge in [-0.2, -0.15) is 4.72 Å². The molecule has 2 N–H and O–H groups in total. The highest BCUT2D eigenvalue weighted by Crippen LogP contribution is 2.27. The third-order valence-electron chi connectivity index (χ3n) is 4.50. The normalized spacial score (nSPS) is 11.4. The van der Waals surface area contributed by atoms with Crippen molar-refractivity contribution >= 4 is 44.0 Å². The van der Waals surface area contributed by atoms with Crippen LogP contribution >= 0.6 is 22.9 Å². The predicted octanol–water partition coefficient (Wildman–Crippen LogP) is 4.51. The molecule has 0 atom stereocenters. The number of carbonyl (C=O) groups is 1. The molecule has 0 saturated heterocycles. The summed E-state index contributed by atoms with van der Waals surface area (Å²) < 4.78 is 28.6. The number of nitrogens with zero attached hydrogens (tertiary/aromatic N) is 2. The molecule has 0 aliphatic rings. The molecule has 32 heavy (non-hydrogen) atoms. The molecule has 0 aliphatic carbocycles. The van der Waals surface area contributed by atoms with Gasteiger partial charge in [0.15, 0.2) is 0 Å². The van der Waals surface area contributed by atoms with Crippen LogP contribution in [0.4, 0.5) is 5.13 Å². The first-order valence-electron chi connectivity index (χ1n) is 9.45. The number of hydrogen-bond acceptors (Lipinski definition) is 6. The van der Waals surface area contributed by atoms with Crippen LogP contribution in [0.15, 0.2) is 89.3 Å². The van der Waals surface area contributed by atoms with E-state index < -0.39 is 22.0 Å². The fourth-order valence-corrected chi connectivity index (χ4v) is 5.21. The zero-order valence-corrected chi connectivity index (χ0v) is 18.9. The maximum absolute atomic E-state index is 13.1. The highest BCUT2D eigenvalue weighted by molar-refractivity contribution is 7.91. The van der Waals surface area contributed by atoms with Crippen molar-refractivity contribution < 1.29 is 13.2 Å². The molecule has 4 rings (SSSR count). The van der Waals surface area contributed by atoms with Gasteiger partial charge in [0.1, 0.15) is 0 Å². The number of sulfonamides is 1. The molecule has 0 fully saturated rings. The summed E-state index contributed by atoms with van der Waals surface area (Å²) >= 11 is 6.60. The molecule has 1 amide bonds. The largest absolute Gasteiger partial charge is 0.296 e. The lowest BCUT2D eigenvalue weighted by molar-refractivity contribution is 0.102. The number of rotatable bonds is 7. The summed E-state index contributed by atoms with van der Waals surface area (Å²) in [6, 6.07) is 24.1. The molecule has 162 valence electrons. The van der Waals surface area contributed by atoms with Gasteiger partial charge in [-0.3, -0.25) is 10.1 Å². The minimum absolute atomic E-state index is 0.0706. The lowest BCUT2D eigenvalue weighted by atomic mass is 10.00. The number of hydrogen-bond donors (Lipinski definition) is 2.